The maximum absolute atomic E-state index is 13.4. The van der Waals surface area contributed by atoms with E-state index >= 15 is 0 Å². The van der Waals surface area contributed by atoms with Crippen molar-refractivity contribution in [3.05, 3.63) is 52.9 Å². The Morgan fingerprint density at radius 1 is 1.31 bits per heavy atom. The molecule has 29 heavy (non-hydrogen) atoms. The molecule has 0 fully saturated rings. The van der Waals surface area contributed by atoms with Gasteiger partial charge in [0.2, 0.25) is 0 Å². The molecule has 1 aromatic carbocycles. The van der Waals surface area contributed by atoms with Crippen LogP contribution in [0.2, 0.25) is 5.02 Å². The number of carbonyl (C=O) groups is 1. The largest absolute Gasteiger partial charge is 0.496 e. The molecular weight excluding hydrogens is 388 g/mol. The summed E-state index contributed by atoms with van der Waals surface area (Å²) in [6.45, 7) is 8.08. The number of hydrogen-bond acceptors (Lipinski definition) is 4. The summed E-state index contributed by atoms with van der Waals surface area (Å²) in [4.78, 5) is 24.5. The number of imidazole rings is 1. The summed E-state index contributed by atoms with van der Waals surface area (Å²) in [7, 11) is 1.55. The fourth-order valence-electron chi connectivity index (χ4n) is 3.43. The second kappa shape index (κ2) is 9.27. The summed E-state index contributed by atoms with van der Waals surface area (Å²) in [6.07, 6.45) is 2.73. The maximum atomic E-state index is 13.4. The van der Waals surface area contributed by atoms with Crippen LogP contribution in [0.4, 0.5) is 0 Å². The Bertz CT molecular complexity index is 1000. The molecule has 154 valence electrons. The Kier molecular flexibility index (Phi) is 6.75. The van der Waals surface area contributed by atoms with Gasteiger partial charge in [0.1, 0.15) is 17.1 Å². The first-order chi connectivity index (χ1) is 13.9. The third kappa shape index (κ3) is 4.70. The molecule has 6 nitrogen and oxygen atoms in total. The van der Waals surface area contributed by atoms with Crippen LogP contribution in [0, 0.1) is 5.92 Å². The zero-order chi connectivity index (χ0) is 21.0. The quantitative estimate of drug-likeness (QED) is 0.531. The first-order valence-electron chi connectivity index (χ1n) is 9.87. The number of ether oxygens (including phenoxy) is 1. The minimum Gasteiger partial charge on any atom is -0.496 e. The van der Waals surface area contributed by atoms with E-state index in [1.165, 1.54) is 0 Å². The van der Waals surface area contributed by atoms with Gasteiger partial charge in [-0.2, -0.15) is 0 Å². The van der Waals surface area contributed by atoms with Crippen LogP contribution in [-0.2, 0) is 13.1 Å². The zero-order valence-corrected chi connectivity index (χ0v) is 18.1. The molecule has 0 unspecified atom stereocenters. The third-order valence-electron chi connectivity index (χ3n) is 4.63. The molecule has 0 saturated heterocycles. The molecule has 2 aromatic heterocycles. The number of hydrogen-bond donors (Lipinski definition) is 0. The predicted octanol–water partition coefficient (Wildman–Crippen LogP) is 4.80. The smallest absolute Gasteiger partial charge is 0.258 e. The molecule has 3 rings (SSSR count). The summed E-state index contributed by atoms with van der Waals surface area (Å²) in [5.74, 6) is 1.51. The SMILES string of the molecule is CCCn1c(CN(CC(C)C)C(=O)c2cc(Cl)ccc2OC)nc2cccnc21. The highest BCUT2D eigenvalue weighted by atomic mass is 35.5. The standard InChI is InChI=1S/C22H27ClN4O2/c1-5-11-27-20(25-18-7-6-10-24-21(18)27)14-26(13-15(2)3)22(28)17-12-16(23)8-9-19(17)29-4/h6-10,12,15H,5,11,13-14H2,1-4H3. The number of methoxy groups -OCH3 is 1. The lowest BCUT2D eigenvalue weighted by Gasteiger charge is -2.25. The van der Waals surface area contributed by atoms with Crippen molar-refractivity contribution in [3.8, 4) is 5.75 Å². The Balaban J connectivity index is 2.00. The van der Waals surface area contributed by atoms with Gasteiger partial charge in [-0.25, -0.2) is 9.97 Å². The second-order valence-electron chi connectivity index (χ2n) is 7.45. The molecule has 1 amide bonds. The highest BCUT2D eigenvalue weighted by Gasteiger charge is 2.24. The summed E-state index contributed by atoms with van der Waals surface area (Å²) in [6, 6.07) is 8.93. The van der Waals surface area contributed by atoms with Crippen molar-refractivity contribution in [3.63, 3.8) is 0 Å². The zero-order valence-electron chi connectivity index (χ0n) is 17.4. The van der Waals surface area contributed by atoms with Crippen LogP contribution < -0.4 is 4.74 Å². The lowest BCUT2D eigenvalue weighted by atomic mass is 10.1. The van der Waals surface area contributed by atoms with Crippen molar-refractivity contribution in [2.75, 3.05) is 13.7 Å². The Morgan fingerprint density at radius 3 is 2.79 bits per heavy atom. The molecule has 0 N–H and O–H groups in total. The molecule has 3 aromatic rings. The van der Waals surface area contributed by atoms with E-state index in [0.29, 0.717) is 35.3 Å². The fraction of sp³-hybridized carbons (Fsp3) is 0.409. The predicted molar refractivity (Wildman–Crippen MR) is 115 cm³/mol. The minimum atomic E-state index is -0.124. The van der Waals surface area contributed by atoms with E-state index in [-0.39, 0.29) is 5.91 Å². The summed E-state index contributed by atoms with van der Waals surface area (Å²) >= 11 is 6.16. The van der Waals surface area contributed by atoms with Gasteiger partial charge < -0.3 is 14.2 Å². The number of halogens is 1. The van der Waals surface area contributed by atoms with Gasteiger partial charge >= 0.3 is 0 Å². The third-order valence-corrected chi connectivity index (χ3v) is 4.86. The molecule has 0 saturated carbocycles. The first-order valence-corrected chi connectivity index (χ1v) is 10.2. The fourth-order valence-corrected chi connectivity index (χ4v) is 3.61. The monoisotopic (exact) mass is 414 g/mol. The molecule has 0 atom stereocenters. The van der Waals surface area contributed by atoms with Gasteiger partial charge in [-0.15, -0.1) is 0 Å². The van der Waals surface area contributed by atoms with Crippen molar-refractivity contribution in [2.24, 2.45) is 5.92 Å². The summed E-state index contributed by atoms with van der Waals surface area (Å²) in [5.41, 5.74) is 2.15. The summed E-state index contributed by atoms with van der Waals surface area (Å²) in [5, 5.41) is 0.501. The molecule has 0 radical (unpaired) electrons. The van der Waals surface area contributed by atoms with E-state index in [2.05, 4.69) is 30.3 Å². The van der Waals surface area contributed by atoms with Gasteiger partial charge in [-0.05, 0) is 42.7 Å². The lowest BCUT2D eigenvalue weighted by Crippen LogP contribution is -2.35. The normalized spacial score (nSPS) is 11.2. The number of benzene rings is 1. The highest BCUT2D eigenvalue weighted by molar-refractivity contribution is 6.31. The van der Waals surface area contributed by atoms with Crippen LogP contribution >= 0.6 is 11.6 Å². The molecule has 2 heterocycles. The molecule has 0 aliphatic heterocycles. The van der Waals surface area contributed by atoms with E-state index in [1.54, 1.807) is 31.5 Å². The van der Waals surface area contributed by atoms with E-state index in [9.17, 15) is 4.79 Å². The molecule has 0 aliphatic rings. The molecule has 0 spiro atoms. The van der Waals surface area contributed by atoms with Crippen molar-refractivity contribution in [2.45, 2.75) is 40.3 Å². The topological polar surface area (TPSA) is 60.2 Å². The van der Waals surface area contributed by atoms with Crippen molar-refractivity contribution >= 4 is 28.7 Å². The maximum Gasteiger partial charge on any atom is 0.258 e. The number of carbonyl (C=O) groups excluding carboxylic acids is 1. The number of amides is 1. The average molecular weight is 415 g/mol. The molecule has 0 bridgehead atoms. The van der Waals surface area contributed by atoms with Crippen molar-refractivity contribution in [1.82, 2.24) is 19.4 Å². The minimum absolute atomic E-state index is 0.124. The van der Waals surface area contributed by atoms with Gasteiger partial charge in [-0.3, -0.25) is 4.79 Å². The van der Waals surface area contributed by atoms with Crippen molar-refractivity contribution in [1.29, 1.82) is 0 Å². The average Bonchev–Trinajstić information content (AvgIpc) is 3.04. The lowest BCUT2D eigenvalue weighted by molar-refractivity contribution is 0.0712. The Labute approximate surface area is 176 Å². The van der Waals surface area contributed by atoms with Crippen LogP contribution in [0.5, 0.6) is 5.75 Å². The number of aryl methyl sites for hydroxylation is 1. The Morgan fingerprint density at radius 2 is 2.10 bits per heavy atom. The van der Waals surface area contributed by atoms with Crippen LogP contribution in [0.15, 0.2) is 36.5 Å². The second-order valence-corrected chi connectivity index (χ2v) is 7.89. The number of nitrogens with zero attached hydrogens (tertiary/aromatic N) is 4. The Hall–Kier alpha value is -2.60. The highest BCUT2D eigenvalue weighted by Crippen LogP contribution is 2.25. The van der Waals surface area contributed by atoms with E-state index in [0.717, 1.165) is 30.0 Å². The summed E-state index contributed by atoms with van der Waals surface area (Å²) < 4.78 is 7.50. The van der Waals surface area contributed by atoms with E-state index in [1.807, 2.05) is 17.0 Å². The number of fused-ring (bicyclic) bond motifs is 1. The van der Waals surface area contributed by atoms with Gasteiger partial charge in [-0.1, -0.05) is 32.4 Å². The van der Waals surface area contributed by atoms with Crippen LogP contribution in [0.3, 0.4) is 0 Å². The van der Waals surface area contributed by atoms with Gasteiger partial charge in [0.15, 0.2) is 5.65 Å². The van der Waals surface area contributed by atoms with Gasteiger partial charge in [0.25, 0.3) is 5.91 Å². The van der Waals surface area contributed by atoms with Crippen LogP contribution in [-0.4, -0.2) is 39.0 Å². The van der Waals surface area contributed by atoms with E-state index in [4.69, 9.17) is 21.3 Å². The van der Waals surface area contributed by atoms with Crippen molar-refractivity contribution < 1.29 is 9.53 Å². The van der Waals surface area contributed by atoms with Gasteiger partial charge in [0.05, 0.1) is 19.2 Å². The number of aromatic nitrogens is 3. The molecule has 7 heteroatoms. The number of rotatable bonds is 8. The number of pyridine rings is 1. The van der Waals surface area contributed by atoms with Crippen LogP contribution in [0.25, 0.3) is 11.2 Å². The first kappa shape index (κ1) is 21.1. The van der Waals surface area contributed by atoms with Gasteiger partial charge in [0, 0.05) is 24.3 Å². The van der Waals surface area contributed by atoms with Crippen LogP contribution in [0.1, 0.15) is 43.4 Å². The molecule has 0 aliphatic carbocycles. The van der Waals surface area contributed by atoms with E-state index < -0.39 is 0 Å². The molecular formula is C22H27ClN4O2.